The molecule has 0 aliphatic rings. The largest absolute Gasteiger partial charge is 0.334 e. The highest BCUT2D eigenvalue weighted by atomic mass is 35.5. The molecule has 3 N–H and O–H groups in total. The molecule has 0 aliphatic heterocycles. The first kappa shape index (κ1) is 21.3. The molecule has 0 saturated carbocycles. The Balaban J connectivity index is 2.13. The monoisotopic (exact) mass is 427 g/mol. The first-order valence-electron chi connectivity index (χ1n) is 7.75. The smallest absolute Gasteiger partial charge is 0.329 e. The molecule has 0 bridgehead atoms. The third-order valence-corrected chi connectivity index (χ3v) is 4.09. The summed E-state index contributed by atoms with van der Waals surface area (Å²) in [7, 11) is 0. The summed E-state index contributed by atoms with van der Waals surface area (Å²) in [5, 5.41) is 10.6. The Bertz CT molecular complexity index is 965. The zero-order valence-electron chi connectivity index (χ0n) is 14.3. The average Bonchev–Trinajstić information content (AvgIpc) is 2.63. The maximum atomic E-state index is 14.5. The van der Waals surface area contributed by atoms with Crippen molar-refractivity contribution in [3.8, 4) is 17.2 Å². The van der Waals surface area contributed by atoms with Crippen molar-refractivity contribution in [1.29, 1.82) is 5.26 Å². The fourth-order valence-electron chi connectivity index (χ4n) is 2.22. The second kappa shape index (κ2) is 9.30. The van der Waals surface area contributed by atoms with Crippen LogP contribution in [0.25, 0.3) is 11.1 Å². The topological polar surface area (TPSA) is 107 Å². The number of pyridine rings is 1. The van der Waals surface area contributed by atoms with Crippen LogP contribution in [-0.2, 0) is 4.79 Å². The number of hydrogen-bond acceptors (Lipinski definition) is 4. The number of nitrogens with zero attached hydrogens (tertiary/aromatic N) is 2. The van der Waals surface area contributed by atoms with Crippen molar-refractivity contribution >= 4 is 35.1 Å². The van der Waals surface area contributed by atoms with E-state index in [2.05, 4.69) is 10.3 Å². The molecule has 0 unspecified atom stereocenters. The Morgan fingerprint density at radius 1 is 1.21 bits per heavy atom. The van der Waals surface area contributed by atoms with Gasteiger partial charge in [-0.2, -0.15) is 5.26 Å². The summed E-state index contributed by atoms with van der Waals surface area (Å²) in [6.07, 6.45) is 0.834. The molecule has 1 atom stereocenters. The molecule has 11 heteroatoms. The Morgan fingerprint density at radius 2 is 1.93 bits per heavy atom. The zero-order chi connectivity index (χ0) is 20.8. The highest BCUT2D eigenvalue weighted by molar-refractivity contribution is 6.35. The van der Waals surface area contributed by atoms with E-state index in [9.17, 15) is 18.4 Å². The van der Waals surface area contributed by atoms with E-state index in [1.165, 1.54) is 19.2 Å². The van der Waals surface area contributed by atoms with Crippen molar-refractivity contribution in [3.63, 3.8) is 0 Å². The minimum absolute atomic E-state index is 0.0894. The normalized spacial score (nSPS) is 11.3. The number of hydrogen-bond donors (Lipinski definition) is 3. The molecule has 28 heavy (non-hydrogen) atoms. The number of nitrogens with one attached hydrogen (secondary N) is 3. The third-order valence-electron chi connectivity index (χ3n) is 3.49. The van der Waals surface area contributed by atoms with Gasteiger partial charge in [0.2, 0.25) is 0 Å². The number of carbonyl (C=O) groups excluding carboxylic acids is 2. The van der Waals surface area contributed by atoms with E-state index in [4.69, 9.17) is 28.5 Å². The van der Waals surface area contributed by atoms with E-state index in [-0.39, 0.29) is 26.9 Å². The molecule has 7 nitrogen and oxygen atoms in total. The highest BCUT2D eigenvalue weighted by Crippen LogP contribution is 2.33. The molecule has 1 aromatic carbocycles. The summed E-state index contributed by atoms with van der Waals surface area (Å²) in [5.41, 5.74) is 4.30. The third kappa shape index (κ3) is 5.28. The first-order chi connectivity index (χ1) is 13.2. The molecule has 2 aromatic rings. The van der Waals surface area contributed by atoms with E-state index in [0.717, 1.165) is 12.1 Å². The molecule has 0 saturated heterocycles. The van der Waals surface area contributed by atoms with Gasteiger partial charge in [0.25, 0.3) is 5.91 Å². The van der Waals surface area contributed by atoms with Crippen LogP contribution in [0.1, 0.15) is 25.1 Å². The second-order valence-electron chi connectivity index (χ2n) is 5.54. The van der Waals surface area contributed by atoms with E-state index in [1.807, 2.05) is 10.9 Å². The molecule has 0 aliphatic carbocycles. The van der Waals surface area contributed by atoms with Crippen molar-refractivity contribution < 1.29 is 18.4 Å². The number of hydrazine groups is 1. The van der Waals surface area contributed by atoms with Crippen LogP contribution in [0.3, 0.4) is 0 Å². The Labute approximate surface area is 168 Å². The summed E-state index contributed by atoms with van der Waals surface area (Å²) in [4.78, 5) is 26.8. The molecular formula is C17H13Cl2F2N5O2. The first-order valence-corrected chi connectivity index (χ1v) is 8.51. The maximum absolute atomic E-state index is 14.5. The lowest BCUT2D eigenvalue weighted by molar-refractivity contribution is -0.120. The number of aromatic nitrogens is 1. The van der Waals surface area contributed by atoms with Crippen LogP contribution in [0.5, 0.6) is 0 Å². The van der Waals surface area contributed by atoms with Gasteiger partial charge in [0.05, 0.1) is 22.8 Å². The molecule has 2 rings (SSSR count). The maximum Gasteiger partial charge on any atom is 0.334 e. The standard InChI is InChI=1S/C17H13Cl2F2N5O2/c1-8(24-17(28)26-25-14(27)2-3-22)16-13(21)4-9(7-23-16)11-5-10(18)6-12(20)15(11)19/h4-8H,2H2,1H3,(H,25,27)(H2,24,26,28)/t8-/m1/s1. The Hall–Kier alpha value is -2.96. The van der Waals surface area contributed by atoms with Crippen LogP contribution in [0.15, 0.2) is 24.4 Å². The lowest BCUT2D eigenvalue weighted by atomic mass is 10.1. The van der Waals surface area contributed by atoms with Crippen molar-refractivity contribution in [2.45, 2.75) is 19.4 Å². The fraction of sp³-hybridized carbons (Fsp3) is 0.176. The number of urea groups is 1. The number of rotatable bonds is 4. The van der Waals surface area contributed by atoms with E-state index in [0.29, 0.717) is 0 Å². The molecule has 146 valence electrons. The van der Waals surface area contributed by atoms with Gasteiger partial charge in [-0.25, -0.2) is 19.0 Å². The van der Waals surface area contributed by atoms with Gasteiger partial charge in [0, 0.05) is 22.3 Å². The van der Waals surface area contributed by atoms with Crippen LogP contribution in [0.2, 0.25) is 10.0 Å². The van der Waals surface area contributed by atoms with Crippen LogP contribution < -0.4 is 16.2 Å². The predicted octanol–water partition coefficient (Wildman–Crippen LogP) is 3.64. The molecule has 0 spiro atoms. The van der Waals surface area contributed by atoms with Gasteiger partial charge < -0.3 is 5.32 Å². The highest BCUT2D eigenvalue weighted by Gasteiger charge is 2.18. The van der Waals surface area contributed by atoms with Crippen molar-refractivity contribution in [3.05, 3.63) is 51.8 Å². The second-order valence-corrected chi connectivity index (χ2v) is 6.36. The minimum atomic E-state index is -0.867. The van der Waals surface area contributed by atoms with Gasteiger partial charge in [0.15, 0.2) is 0 Å². The SMILES string of the molecule is C[C@@H](NC(=O)NNC(=O)CC#N)c1ncc(-c2cc(Cl)cc(F)c2Cl)cc1F. The molecule has 0 radical (unpaired) electrons. The minimum Gasteiger partial charge on any atom is -0.329 e. The lowest BCUT2D eigenvalue weighted by Crippen LogP contribution is -2.47. The molecule has 1 heterocycles. The van der Waals surface area contributed by atoms with Crippen LogP contribution in [0.4, 0.5) is 13.6 Å². The lowest BCUT2D eigenvalue weighted by Gasteiger charge is -2.16. The molecule has 3 amide bonds. The Morgan fingerprint density at radius 3 is 2.57 bits per heavy atom. The van der Waals surface area contributed by atoms with Crippen LogP contribution >= 0.6 is 23.2 Å². The van der Waals surface area contributed by atoms with Gasteiger partial charge in [-0.05, 0) is 25.1 Å². The number of nitriles is 1. The van der Waals surface area contributed by atoms with Crippen LogP contribution in [0, 0.1) is 23.0 Å². The molecular weight excluding hydrogens is 415 g/mol. The summed E-state index contributed by atoms with van der Waals surface area (Å²) < 4.78 is 28.2. The van der Waals surface area contributed by atoms with Crippen molar-refractivity contribution in [2.75, 3.05) is 0 Å². The van der Waals surface area contributed by atoms with Crippen LogP contribution in [-0.4, -0.2) is 16.9 Å². The molecule has 0 fully saturated rings. The summed E-state index contributed by atoms with van der Waals surface area (Å²) in [6.45, 7) is 1.47. The summed E-state index contributed by atoms with van der Waals surface area (Å²) >= 11 is 11.7. The predicted molar refractivity (Wildman–Crippen MR) is 98.1 cm³/mol. The number of amides is 3. The quantitative estimate of drug-likeness (QED) is 0.511. The number of benzene rings is 1. The number of halogens is 4. The van der Waals surface area contributed by atoms with E-state index >= 15 is 0 Å². The van der Waals surface area contributed by atoms with E-state index < -0.39 is 36.0 Å². The van der Waals surface area contributed by atoms with Gasteiger partial charge in [0.1, 0.15) is 18.1 Å². The van der Waals surface area contributed by atoms with Gasteiger partial charge in [-0.3, -0.25) is 15.2 Å². The van der Waals surface area contributed by atoms with E-state index in [1.54, 1.807) is 6.07 Å². The van der Waals surface area contributed by atoms with Gasteiger partial charge in [-0.15, -0.1) is 0 Å². The zero-order valence-corrected chi connectivity index (χ0v) is 15.8. The molecule has 1 aromatic heterocycles. The fourth-order valence-corrected chi connectivity index (χ4v) is 2.65. The van der Waals surface area contributed by atoms with Gasteiger partial charge >= 0.3 is 6.03 Å². The Kier molecular flexibility index (Phi) is 7.09. The number of carbonyl (C=O) groups is 2. The average molecular weight is 428 g/mol. The van der Waals surface area contributed by atoms with Crippen molar-refractivity contribution in [1.82, 2.24) is 21.2 Å². The van der Waals surface area contributed by atoms with Gasteiger partial charge in [-0.1, -0.05) is 23.2 Å². The summed E-state index contributed by atoms with van der Waals surface area (Å²) in [6, 6.07) is 3.41. The van der Waals surface area contributed by atoms with Crippen molar-refractivity contribution in [2.24, 2.45) is 0 Å². The summed E-state index contributed by atoms with van der Waals surface area (Å²) in [5.74, 6) is -2.22.